The molecule has 1 rings (SSSR count). The van der Waals surface area contributed by atoms with Crippen LogP contribution in [0.3, 0.4) is 0 Å². The molecule has 1 atom stereocenters. The first kappa shape index (κ1) is 12.6. The predicted molar refractivity (Wildman–Crippen MR) is 59.0 cm³/mol. The van der Waals surface area contributed by atoms with Gasteiger partial charge >= 0.3 is 6.16 Å². The van der Waals surface area contributed by atoms with E-state index in [-0.39, 0.29) is 5.25 Å². The number of hydrogen-bond donors (Lipinski definition) is 3. The van der Waals surface area contributed by atoms with E-state index in [0.717, 1.165) is 0 Å². The van der Waals surface area contributed by atoms with Crippen LogP contribution in [0.2, 0.25) is 0 Å². The second-order valence-corrected chi connectivity index (χ2v) is 2.93. The average Bonchev–Trinajstić information content (AvgIpc) is 2.17. The van der Waals surface area contributed by atoms with Crippen LogP contribution in [-0.2, 0) is 0 Å². The number of hydrogen-bond acceptors (Lipinski definition) is 2. The number of rotatable bonds is 2. The lowest BCUT2D eigenvalue weighted by Crippen LogP contribution is -1.82. The van der Waals surface area contributed by atoms with Gasteiger partial charge in [-0.3, -0.25) is 0 Å². The Balaban J connectivity index is 0.000000364. The van der Waals surface area contributed by atoms with Crippen LogP contribution in [0.1, 0.15) is 10.8 Å². The van der Waals surface area contributed by atoms with Gasteiger partial charge in [-0.25, -0.2) is 4.79 Å². The van der Waals surface area contributed by atoms with Gasteiger partial charge in [-0.2, -0.15) is 12.6 Å². The largest absolute Gasteiger partial charge is 0.503 e. The summed E-state index contributed by atoms with van der Waals surface area (Å²) in [5.41, 5.74) is 1.20. The first-order valence-corrected chi connectivity index (χ1v) is 4.37. The molecule has 0 fully saturated rings. The molecule has 0 spiro atoms. The van der Waals surface area contributed by atoms with E-state index in [1.807, 2.05) is 36.4 Å². The van der Waals surface area contributed by atoms with Gasteiger partial charge in [-0.1, -0.05) is 36.4 Å². The summed E-state index contributed by atoms with van der Waals surface area (Å²) in [6.07, 6.45) is -0.0154. The monoisotopic (exact) mass is 212 g/mol. The predicted octanol–water partition coefficient (Wildman–Crippen LogP) is 3.07. The molecule has 0 bridgehead atoms. The summed E-state index contributed by atoms with van der Waals surface area (Å²) < 4.78 is 0. The lowest BCUT2D eigenvalue weighted by Gasteiger charge is -2.02. The van der Waals surface area contributed by atoms with Crippen LogP contribution in [-0.4, -0.2) is 16.4 Å². The van der Waals surface area contributed by atoms with Gasteiger partial charge in [-0.05, 0) is 5.56 Å². The third-order valence-corrected chi connectivity index (χ3v) is 1.87. The Labute approximate surface area is 88.1 Å². The van der Waals surface area contributed by atoms with Crippen LogP contribution in [0.5, 0.6) is 0 Å². The number of benzene rings is 1. The Morgan fingerprint density at radius 1 is 1.36 bits per heavy atom. The smallest absolute Gasteiger partial charge is 0.450 e. The third-order valence-electron chi connectivity index (χ3n) is 1.36. The van der Waals surface area contributed by atoms with Gasteiger partial charge in [0, 0.05) is 5.25 Å². The summed E-state index contributed by atoms with van der Waals surface area (Å²) in [5.74, 6) is 0. The molecular weight excluding hydrogens is 200 g/mol. The van der Waals surface area contributed by atoms with Crippen LogP contribution < -0.4 is 0 Å². The average molecular weight is 212 g/mol. The molecule has 0 aromatic heterocycles. The van der Waals surface area contributed by atoms with Crippen molar-refractivity contribution in [2.75, 3.05) is 0 Å². The van der Waals surface area contributed by atoms with Crippen molar-refractivity contribution in [2.24, 2.45) is 0 Å². The molecule has 1 unspecified atom stereocenters. The molecular formula is C10H12O3S. The van der Waals surface area contributed by atoms with Crippen LogP contribution in [0.25, 0.3) is 0 Å². The molecule has 0 aliphatic heterocycles. The topological polar surface area (TPSA) is 57.5 Å². The molecule has 0 saturated heterocycles. The Kier molecular flexibility index (Phi) is 6.32. The van der Waals surface area contributed by atoms with E-state index in [0.29, 0.717) is 0 Å². The maximum atomic E-state index is 8.56. The van der Waals surface area contributed by atoms with Gasteiger partial charge in [0.1, 0.15) is 0 Å². The quantitative estimate of drug-likeness (QED) is 0.521. The Morgan fingerprint density at radius 2 is 1.79 bits per heavy atom. The molecule has 1 aromatic rings. The fourth-order valence-corrected chi connectivity index (χ4v) is 0.958. The van der Waals surface area contributed by atoms with Crippen molar-refractivity contribution in [3.8, 4) is 0 Å². The van der Waals surface area contributed by atoms with Gasteiger partial charge in [0.2, 0.25) is 0 Å². The molecule has 0 amide bonds. The summed E-state index contributed by atoms with van der Waals surface area (Å²) in [4.78, 5) is 8.56. The minimum absolute atomic E-state index is 0.168. The van der Waals surface area contributed by atoms with Crippen molar-refractivity contribution in [1.82, 2.24) is 0 Å². The SMILES string of the molecule is C=CC(S)c1ccccc1.O=C(O)O. The van der Waals surface area contributed by atoms with Crippen molar-refractivity contribution in [2.45, 2.75) is 5.25 Å². The highest BCUT2D eigenvalue weighted by atomic mass is 32.1. The first-order valence-electron chi connectivity index (χ1n) is 3.85. The van der Waals surface area contributed by atoms with E-state index in [1.165, 1.54) is 5.56 Å². The zero-order chi connectivity index (χ0) is 11.0. The van der Waals surface area contributed by atoms with Gasteiger partial charge in [0.25, 0.3) is 0 Å². The Hall–Kier alpha value is -1.42. The van der Waals surface area contributed by atoms with E-state index in [4.69, 9.17) is 15.0 Å². The van der Waals surface area contributed by atoms with Crippen molar-refractivity contribution in [3.05, 3.63) is 48.6 Å². The number of carboxylic acid groups (broad SMARTS) is 2. The lowest BCUT2D eigenvalue weighted by atomic mass is 10.1. The van der Waals surface area contributed by atoms with Crippen LogP contribution >= 0.6 is 12.6 Å². The molecule has 3 nitrogen and oxygen atoms in total. The Morgan fingerprint density at radius 3 is 2.14 bits per heavy atom. The standard InChI is InChI=1S/C9H10S.CH2O3/c1-2-9(10)8-6-4-3-5-7-8;2-1(3)4/h2-7,9-10H,1H2;(H2,2,3,4). The van der Waals surface area contributed by atoms with E-state index >= 15 is 0 Å². The van der Waals surface area contributed by atoms with E-state index < -0.39 is 6.16 Å². The first-order chi connectivity index (χ1) is 6.57. The highest BCUT2D eigenvalue weighted by molar-refractivity contribution is 7.80. The van der Waals surface area contributed by atoms with Gasteiger partial charge in [-0.15, -0.1) is 6.58 Å². The van der Waals surface area contributed by atoms with Crippen molar-refractivity contribution in [1.29, 1.82) is 0 Å². The summed E-state index contributed by atoms with van der Waals surface area (Å²) in [7, 11) is 0. The third kappa shape index (κ3) is 6.14. The van der Waals surface area contributed by atoms with Crippen molar-refractivity contribution in [3.63, 3.8) is 0 Å². The minimum Gasteiger partial charge on any atom is -0.450 e. The van der Waals surface area contributed by atoms with Crippen LogP contribution in [0.15, 0.2) is 43.0 Å². The van der Waals surface area contributed by atoms with Crippen LogP contribution in [0, 0.1) is 0 Å². The van der Waals surface area contributed by atoms with Crippen molar-refractivity contribution >= 4 is 18.8 Å². The summed E-state index contributed by atoms with van der Waals surface area (Å²) in [6.45, 7) is 3.66. The van der Waals surface area contributed by atoms with Gasteiger partial charge < -0.3 is 10.2 Å². The highest BCUT2D eigenvalue weighted by Gasteiger charge is 1.97. The second-order valence-electron chi connectivity index (χ2n) is 2.37. The molecule has 76 valence electrons. The molecule has 14 heavy (non-hydrogen) atoms. The second kappa shape index (κ2) is 7.03. The summed E-state index contributed by atoms with van der Waals surface area (Å²) in [6, 6.07) is 10.1. The summed E-state index contributed by atoms with van der Waals surface area (Å²) in [5, 5.41) is 14.1. The minimum atomic E-state index is -1.83. The fourth-order valence-electron chi connectivity index (χ4n) is 0.786. The fraction of sp³-hybridized carbons (Fsp3) is 0.100. The molecule has 0 saturated carbocycles. The maximum absolute atomic E-state index is 8.56. The molecule has 4 heteroatoms. The molecule has 0 radical (unpaired) electrons. The number of thiol groups is 1. The Bertz CT molecular complexity index is 281. The number of carbonyl (C=O) groups is 1. The molecule has 1 aromatic carbocycles. The van der Waals surface area contributed by atoms with E-state index in [1.54, 1.807) is 0 Å². The zero-order valence-corrected chi connectivity index (χ0v) is 8.39. The normalized spacial score (nSPS) is 10.6. The summed E-state index contributed by atoms with van der Waals surface area (Å²) >= 11 is 4.30. The molecule has 0 aliphatic carbocycles. The lowest BCUT2D eigenvalue weighted by molar-refractivity contribution is 0.137. The zero-order valence-electron chi connectivity index (χ0n) is 7.50. The highest BCUT2D eigenvalue weighted by Crippen LogP contribution is 2.19. The molecule has 0 heterocycles. The van der Waals surface area contributed by atoms with E-state index in [2.05, 4.69) is 19.2 Å². The van der Waals surface area contributed by atoms with E-state index in [9.17, 15) is 0 Å². The van der Waals surface area contributed by atoms with Gasteiger partial charge in [0.15, 0.2) is 0 Å². The molecule has 0 aliphatic rings. The maximum Gasteiger partial charge on any atom is 0.503 e. The van der Waals surface area contributed by atoms with Crippen LogP contribution in [0.4, 0.5) is 4.79 Å². The molecule has 2 N–H and O–H groups in total. The van der Waals surface area contributed by atoms with Gasteiger partial charge in [0.05, 0.1) is 0 Å². The van der Waals surface area contributed by atoms with Crippen molar-refractivity contribution < 1.29 is 15.0 Å².